The van der Waals surface area contributed by atoms with Gasteiger partial charge in [-0.05, 0) is 54.7 Å². The Kier molecular flexibility index (Phi) is 5.21. The van der Waals surface area contributed by atoms with Crippen LogP contribution >= 0.6 is 0 Å². The quantitative estimate of drug-likeness (QED) is 0.734. The zero-order valence-electron chi connectivity index (χ0n) is 15.8. The van der Waals surface area contributed by atoms with Gasteiger partial charge < -0.3 is 0 Å². The number of piperazine rings is 1. The maximum absolute atomic E-state index is 13.0. The Morgan fingerprint density at radius 3 is 2.10 bits per heavy atom. The summed E-state index contributed by atoms with van der Waals surface area (Å²) >= 11 is 0. The van der Waals surface area contributed by atoms with Gasteiger partial charge in [-0.25, -0.2) is 16.8 Å². The average molecular weight is 432 g/mol. The van der Waals surface area contributed by atoms with Gasteiger partial charge in [0, 0.05) is 26.2 Å². The topological polar surface area (TPSA) is 98.5 Å². The molecule has 9 heteroatoms. The van der Waals surface area contributed by atoms with Crippen LogP contribution in [0.2, 0.25) is 0 Å². The zero-order chi connectivity index (χ0) is 20.6. The minimum Gasteiger partial charge on any atom is -0.207 e. The average Bonchev–Trinajstić information content (AvgIpc) is 3.21. The number of nitriles is 1. The van der Waals surface area contributed by atoms with Crippen LogP contribution in [0.5, 0.6) is 0 Å². The van der Waals surface area contributed by atoms with Crippen molar-refractivity contribution in [3.63, 3.8) is 0 Å². The van der Waals surface area contributed by atoms with Crippen molar-refractivity contribution in [2.75, 3.05) is 26.2 Å². The van der Waals surface area contributed by atoms with Crippen molar-refractivity contribution in [2.45, 2.75) is 29.1 Å². The molecule has 0 unspecified atom stereocenters. The van der Waals surface area contributed by atoms with Crippen LogP contribution in [0.3, 0.4) is 0 Å². The monoisotopic (exact) mass is 431 g/mol. The first-order valence-electron chi connectivity index (χ1n) is 9.45. The molecule has 29 heavy (non-hydrogen) atoms. The largest absolute Gasteiger partial charge is 0.244 e. The van der Waals surface area contributed by atoms with Crippen LogP contribution in [0, 0.1) is 11.3 Å². The number of nitrogens with zero attached hydrogens (tertiary/aromatic N) is 3. The van der Waals surface area contributed by atoms with E-state index in [9.17, 15) is 22.1 Å². The van der Waals surface area contributed by atoms with Crippen molar-refractivity contribution >= 4 is 20.0 Å². The molecule has 7 nitrogen and oxygen atoms in total. The van der Waals surface area contributed by atoms with Crippen LogP contribution in [0.1, 0.15) is 23.1 Å². The first kappa shape index (κ1) is 20.0. The molecule has 1 aliphatic carbocycles. The standard InChI is InChI=1S/C20H21N3O4S2/c21-15-18-4-1-2-7-20(18)29(26,27)23-12-10-22(11-13-23)28(24,25)19-9-8-16-5-3-6-17(16)14-19/h1-2,4,7-9,14H,3,5-6,10-13H2. The third-order valence-electron chi connectivity index (χ3n) is 5.53. The number of hydrogen-bond acceptors (Lipinski definition) is 5. The molecule has 0 bridgehead atoms. The molecule has 0 amide bonds. The van der Waals surface area contributed by atoms with Crippen LogP contribution in [-0.2, 0) is 32.9 Å². The Bertz CT molecular complexity index is 1190. The van der Waals surface area contributed by atoms with Gasteiger partial charge in [-0.3, -0.25) is 0 Å². The van der Waals surface area contributed by atoms with Gasteiger partial charge >= 0.3 is 0 Å². The fourth-order valence-corrected chi connectivity index (χ4v) is 6.97. The van der Waals surface area contributed by atoms with Crippen LogP contribution in [0.4, 0.5) is 0 Å². The molecule has 0 atom stereocenters. The van der Waals surface area contributed by atoms with Crippen molar-refractivity contribution in [3.05, 3.63) is 59.2 Å². The highest BCUT2D eigenvalue weighted by atomic mass is 32.2. The Hall–Kier alpha value is -2.25. The van der Waals surface area contributed by atoms with Crippen LogP contribution in [0.25, 0.3) is 0 Å². The summed E-state index contributed by atoms with van der Waals surface area (Å²) in [7, 11) is -7.53. The van der Waals surface area contributed by atoms with Gasteiger partial charge in [-0.1, -0.05) is 18.2 Å². The van der Waals surface area contributed by atoms with E-state index in [1.165, 1.54) is 26.3 Å². The van der Waals surface area contributed by atoms with Crippen molar-refractivity contribution in [1.29, 1.82) is 5.26 Å². The summed E-state index contributed by atoms with van der Waals surface area (Å²) in [6, 6.07) is 13.2. The molecule has 2 aromatic rings. The number of fused-ring (bicyclic) bond motifs is 1. The predicted octanol–water partition coefficient (Wildman–Crippen LogP) is 1.74. The Labute approximate surface area is 171 Å². The third-order valence-corrected chi connectivity index (χ3v) is 9.38. The highest BCUT2D eigenvalue weighted by molar-refractivity contribution is 7.89. The third kappa shape index (κ3) is 3.57. The molecule has 0 saturated carbocycles. The summed E-state index contributed by atoms with van der Waals surface area (Å²) in [5.41, 5.74) is 2.37. The first-order chi connectivity index (χ1) is 13.8. The molecule has 0 N–H and O–H groups in total. The summed E-state index contributed by atoms with van der Waals surface area (Å²) in [4.78, 5) is 0.224. The minimum atomic E-state index is -3.86. The number of sulfonamides is 2. The van der Waals surface area contributed by atoms with E-state index in [1.807, 2.05) is 12.1 Å². The molecule has 4 rings (SSSR count). The molecule has 1 saturated heterocycles. The molecule has 0 spiro atoms. The lowest BCUT2D eigenvalue weighted by Crippen LogP contribution is -2.50. The lowest BCUT2D eigenvalue weighted by molar-refractivity contribution is 0.273. The maximum Gasteiger partial charge on any atom is 0.244 e. The van der Waals surface area contributed by atoms with Gasteiger partial charge in [0.15, 0.2) is 0 Å². The van der Waals surface area contributed by atoms with Gasteiger partial charge in [0.25, 0.3) is 0 Å². The Balaban J connectivity index is 1.53. The van der Waals surface area contributed by atoms with E-state index in [-0.39, 0.29) is 41.5 Å². The molecule has 1 heterocycles. The van der Waals surface area contributed by atoms with E-state index in [4.69, 9.17) is 0 Å². The normalized spacial score (nSPS) is 18.3. The van der Waals surface area contributed by atoms with Gasteiger partial charge in [-0.15, -0.1) is 0 Å². The Morgan fingerprint density at radius 1 is 0.793 bits per heavy atom. The zero-order valence-corrected chi connectivity index (χ0v) is 17.4. The first-order valence-corrected chi connectivity index (χ1v) is 12.3. The molecule has 1 aliphatic heterocycles. The summed E-state index contributed by atoms with van der Waals surface area (Å²) in [5.74, 6) is 0. The highest BCUT2D eigenvalue weighted by Crippen LogP contribution is 2.28. The van der Waals surface area contributed by atoms with Crippen molar-refractivity contribution < 1.29 is 16.8 Å². The van der Waals surface area contributed by atoms with Crippen molar-refractivity contribution in [1.82, 2.24) is 8.61 Å². The summed E-state index contributed by atoms with van der Waals surface area (Å²) < 4.78 is 54.5. The van der Waals surface area contributed by atoms with Gasteiger partial charge in [0.1, 0.15) is 6.07 Å². The second kappa shape index (κ2) is 7.54. The molecule has 0 radical (unpaired) electrons. The lowest BCUT2D eigenvalue weighted by Gasteiger charge is -2.33. The SMILES string of the molecule is N#Cc1ccccc1S(=O)(=O)N1CCN(S(=O)(=O)c2ccc3c(c2)CCC3)CC1. The second-order valence-corrected chi connectivity index (χ2v) is 11.0. The van der Waals surface area contributed by atoms with E-state index in [2.05, 4.69) is 0 Å². The molecule has 1 fully saturated rings. The van der Waals surface area contributed by atoms with Crippen molar-refractivity contribution in [3.8, 4) is 6.07 Å². The predicted molar refractivity (Wildman–Crippen MR) is 107 cm³/mol. The van der Waals surface area contributed by atoms with E-state index in [1.54, 1.807) is 24.3 Å². The van der Waals surface area contributed by atoms with Crippen LogP contribution in [-0.4, -0.2) is 51.6 Å². The second-order valence-electron chi connectivity index (χ2n) is 7.20. The molecular formula is C20H21N3O4S2. The fourth-order valence-electron chi connectivity index (χ4n) is 3.93. The van der Waals surface area contributed by atoms with Gasteiger partial charge in [0.05, 0.1) is 15.4 Å². The maximum atomic E-state index is 13.0. The lowest BCUT2D eigenvalue weighted by atomic mass is 10.1. The summed E-state index contributed by atoms with van der Waals surface area (Å²) in [6.07, 6.45) is 2.92. The van der Waals surface area contributed by atoms with Crippen molar-refractivity contribution in [2.24, 2.45) is 0 Å². The summed E-state index contributed by atoms with van der Waals surface area (Å²) in [6.45, 7) is 0.249. The molecule has 2 aliphatic rings. The molecular weight excluding hydrogens is 410 g/mol. The number of hydrogen-bond donors (Lipinski definition) is 0. The van der Waals surface area contributed by atoms with Gasteiger partial charge in [0.2, 0.25) is 20.0 Å². The summed E-state index contributed by atoms with van der Waals surface area (Å²) in [5, 5.41) is 9.20. The number of benzene rings is 2. The molecule has 0 aromatic heterocycles. The molecule has 2 aromatic carbocycles. The van der Waals surface area contributed by atoms with Gasteiger partial charge in [-0.2, -0.15) is 13.9 Å². The Morgan fingerprint density at radius 2 is 1.41 bits per heavy atom. The fraction of sp³-hybridized carbons (Fsp3) is 0.350. The van der Waals surface area contributed by atoms with Crippen LogP contribution in [0.15, 0.2) is 52.3 Å². The number of aryl methyl sites for hydroxylation is 2. The smallest absolute Gasteiger partial charge is 0.207 e. The van der Waals surface area contributed by atoms with E-state index in [0.29, 0.717) is 0 Å². The molecule has 152 valence electrons. The minimum absolute atomic E-state index is 0.0440. The highest BCUT2D eigenvalue weighted by Gasteiger charge is 2.35. The van der Waals surface area contributed by atoms with E-state index >= 15 is 0 Å². The van der Waals surface area contributed by atoms with E-state index in [0.717, 1.165) is 24.8 Å². The van der Waals surface area contributed by atoms with E-state index < -0.39 is 20.0 Å². The number of rotatable bonds is 4. The van der Waals surface area contributed by atoms with Crippen LogP contribution < -0.4 is 0 Å².